The number of rotatable bonds is 1. The second kappa shape index (κ2) is 2.39. The molecule has 1 saturated carbocycles. The van der Waals surface area contributed by atoms with Crippen LogP contribution in [0.15, 0.2) is 0 Å². The van der Waals surface area contributed by atoms with E-state index in [4.69, 9.17) is 5.11 Å². The normalized spacial score (nSPS) is 33.6. The fraction of sp³-hybridized carbons (Fsp3) is 1.00. The van der Waals surface area contributed by atoms with E-state index in [9.17, 15) is 13.2 Å². The topological polar surface area (TPSA) is 29.5 Å². The summed E-state index contributed by atoms with van der Waals surface area (Å²) in [5.74, 6) is 0. The zero-order valence-electron chi connectivity index (χ0n) is 5.06. The molecule has 1 N–H and O–H groups in total. The Morgan fingerprint density at radius 2 is 1.80 bits per heavy atom. The van der Waals surface area contributed by atoms with E-state index in [2.05, 4.69) is 4.74 Å². The monoisotopic (exact) mass is 156 g/mol. The molecule has 0 aromatic heterocycles. The van der Waals surface area contributed by atoms with Gasteiger partial charge in [0, 0.05) is 12.8 Å². The van der Waals surface area contributed by atoms with E-state index < -0.39 is 18.6 Å². The zero-order valence-corrected chi connectivity index (χ0v) is 5.06. The summed E-state index contributed by atoms with van der Waals surface area (Å²) in [5, 5.41) is 8.57. The Morgan fingerprint density at radius 3 is 2.10 bits per heavy atom. The van der Waals surface area contributed by atoms with E-state index in [-0.39, 0.29) is 12.8 Å². The average Bonchev–Trinajstić information content (AvgIpc) is 1.57. The lowest BCUT2D eigenvalue weighted by Crippen LogP contribution is -2.38. The van der Waals surface area contributed by atoms with Crippen LogP contribution in [-0.2, 0) is 4.74 Å². The number of halogens is 3. The molecule has 10 heavy (non-hydrogen) atoms. The summed E-state index contributed by atoms with van der Waals surface area (Å²) in [6, 6.07) is 0. The van der Waals surface area contributed by atoms with Gasteiger partial charge in [-0.05, 0) is 0 Å². The molecule has 0 aliphatic heterocycles. The molecule has 1 fully saturated rings. The second-order valence-corrected chi connectivity index (χ2v) is 2.31. The molecule has 60 valence electrons. The van der Waals surface area contributed by atoms with Crippen LogP contribution in [0.25, 0.3) is 0 Å². The van der Waals surface area contributed by atoms with Crippen molar-refractivity contribution in [3.63, 3.8) is 0 Å². The fourth-order valence-electron chi connectivity index (χ4n) is 0.823. The van der Waals surface area contributed by atoms with Gasteiger partial charge in [-0.15, -0.1) is 13.2 Å². The second-order valence-electron chi connectivity index (χ2n) is 2.31. The van der Waals surface area contributed by atoms with Crippen LogP contribution in [0.1, 0.15) is 12.8 Å². The zero-order chi connectivity index (χ0) is 7.78. The van der Waals surface area contributed by atoms with Gasteiger partial charge in [0.2, 0.25) is 0 Å². The third-order valence-corrected chi connectivity index (χ3v) is 1.37. The Hall–Kier alpha value is -0.290. The summed E-state index contributed by atoms with van der Waals surface area (Å²) in [6.07, 6.45) is -5.79. The predicted octanol–water partition coefficient (Wildman–Crippen LogP) is 1.05. The van der Waals surface area contributed by atoms with Crippen LogP contribution < -0.4 is 0 Å². The molecule has 5 heteroatoms. The first-order chi connectivity index (χ1) is 4.47. The number of aliphatic hydroxyl groups is 1. The summed E-state index contributed by atoms with van der Waals surface area (Å²) in [7, 11) is 0. The highest BCUT2D eigenvalue weighted by Crippen LogP contribution is 2.29. The first-order valence-electron chi connectivity index (χ1n) is 2.90. The molecule has 0 spiro atoms. The lowest BCUT2D eigenvalue weighted by molar-refractivity contribution is -0.355. The molecule has 1 rings (SSSR count). The molecule has 0 radical (unpaired) electrons. The minimum absolute atomic E-state index is 0.0967. The van der Waals surface area contributed by atoms with Gasteiger partial charge in [0.05, 0.1) is 12.2 Å². The maximum absolute atomic E-state index is 11.4. The lowest BCUT2D eigenvalue weighted by atomic mass is 9.92. The van der Waals surface area contributed by atoms with E-state index in [1.807, 2.05) is 0 Å². The van der Waals surface area contributed by atoms with Gasteiger partial charge in [0.25, 0.3) is 0 Å². The maximum Gasteiger partial charge on any atom is 0.522 e. The molecule has 1 aliphatic rings. The van der Waals surface area contributed by atoms with Gasteiger partial charge in [-0.2, -0.15) is 0 Å². The van der Waals surface area contributed by atoms with Crippen molar-refractivity contribution in [2.24, 2.45) is 0 Å². The van der Waals surface area contributed by atoms with Crippen molar-refractivity contribution < 1.29 is 23.0 Å². The van der Waals surface area contributed by atoms with Crippen LogP contribution in [0, 0.1) is 0 Å². The van der Waals surface area contributed by atoms with Crippen LogP contribution in [0.2, 0.25) is 0 Å². The van der Waals surface area contributed by atoms with E-state index in [0.29, 0.717) is 0 Å². The molecule has 0 amide bonds. The van der Waals surface area contributed by atoms with Crippen molar-refractivity contribution >= 4 is 0 Å². The van der Waals surface area contributed by atoms with Gasteiger partial charge >= 0.3 is 6.36 Å². The highest BCUT2D eigenvalue weighted by Gasteiger charge is 2.39. The first-order valence-corrected chi connectivity index (χ1v) is 2.90. The number of hydrogen-bond acceptors (Lipinski definition) is 2. The largest absolute Gasteiger partial charge is 0.522 e. The van der Waals surface area contributed by atoms with E-state index in [1.165, 1.54) is 0 Å². The van der Waals surface area contributed by atoms with Crippen molar-refractivity contribution in [1.29, 1.82) is 0 Å². The SMILES string of the molecule is OC1CC(OC(F)(F)F)C1. The molecule has 0 bridgehead atoms. The van der Waals surface area contributed by atoms with Crippen LogP contribution in [0.3, 0.4) is 0 Å². The quantitative estimate of drug-likeness (QED) is 0.614. The van der Waals surface area contributed by atoms with Crippen LogP contribution >= 0.6 is 0 Å². The molecule has 0 unspecified atom stereocenters. The highest BCUT2D eigenvalue weighted by atomic mass is 19.4. The Morgan fingerprint density at radius 1 is 1.30 bits per heavy atom. The Labute approximate surface area is 55.6 Å². The predicted molar refractivity (Wildman–Crippen MR) is 26.2 cm³/mol. The third-order valence-electron chi connectivity index (χ3n) is 1.37. The van der Waals surface area contributed by atoms with Crippen molar-refractivity contribution in [2.45, 2.75) is 31.4 Å². The molecule has 0 saturated heterocycles. The molecule has 2 nitrogen and oxygen atoms in total. The summed E-state index contributed by atoms with van der Waals surface area (Å²) in [5.41, 5.74) is 0. The Kier molecular flexibility index (Phi) is 1.87. The number of ether oxygens (including phenoxy) is 1. The molecular weight excluding hydrogens is 149 g/mol. The summed E-state index contributed by atoms with van der Waals surface area (Å²) in [4.78, 5) is 0. The average molecular weight is 156 g/mol. The van der Waals surface area contributed by atoms with Crippen LogP contribution in [0.4, 0.5) is 13.2 Å². The summed E-state index contributed by atoms with van der Waals surface area (Å²) in [6.45, 7) is 0. The van der Waals surface area contributed by atoms with Gasteiger partial charge in [-0.25, -0.2) is 0 Å². The third kappa shape index (κ3) is 2.15. The molecule has 1 aliphatic carbocycles. The van der Waals surface area contributed by atoms with Crippen molar-refractivity contribution in [1.82, 2.24) is 0 Å². The molecule has 0 heterocycles. The van der Waals surface area contributed by atoms with Gasteiger partial charge in [-0.1, -0.05) is 0 Å². The minimum atomic E-state index is -4.55. The van der Waals surface area contributed by atoms with Crippen LogP contribution in [-0.4, -0.2) is 23.7 Å². The standard InChI is InChI=1S/C5H7F3O2/c6-5(7,8)10-4-1-3(9)2-4/h3-4,9H,1-2H2. The first kappa shape index (κ1) is 7.81. The number of hydrogen-bond donors (Lipinski definition) is 1. The van der Waals surface area contributed by atoms with Gasteiger partial charge < -0.3 is 5.11 Å². The number of aliphatic hydroxyl groups excluding tert-OH is 1. The fourth-order valence-corrected chi connectivity index (χ4v) is 0.823. The van der Waals surface area contributed by atoms with Gasteiger partial charge in [0.15, 0.2) is 0 Å². The van der Waals surface area contributed by atoms with Gasteiger partial charge in [0.1, 0.15) is 0 Å². The molecule has 0 atom stereocenters. The molecule has 0 aromatic rings. The Balaban J connectivity index is 2.16. The highest BCUT2D eigenvalue weighted by molar-refractivity contribution is 4.79. The Bertz CT molecular complexity index is 117. The summed E-state index contributed by atoms with van der Waals surface area (Å²) >= 11 is 0. The lowest BCUT2D eigenvalue weighted by Gasteiger charge is -2.31. The maximum atomic E-state index is 11.4. The van der Waals surface area contributed by atoms with Crippen molar-refractivity contribution in [3.05, 3.63) is 0 Å². The van der Waals surface area contributed by atoms with Crippen molar-refractivity contribution in [3.8, 4) is 0 Å². The minimum Gasteiger partial charge on any atom is -0.393 e. The number of alkyl halides is 3. The van der Waals surface area contributed by atoms with E-state index in [0.717, 1.165) is 0 Å². The molecule has 0 aromatic carbocycles. The van der Waals surface area contributed by atoms with E-state index >= 15 is 0 Å². The summed E-state index contributed by atoms with van der Waals surface area (Å²) < 4.78 is 37.6. The van der Waals surface area contributed by atoms with Crippen LogP contribution in [0.5, 0.6) is 0 Å². The van der Waals surface area contributed by atoms with Gasteiger partial charge in [-0.3, -0.25) is 4.74 Å². The smallest absolute Gasteiger partial charge is 0.393 e. The molecular formula is C5H7F3O2. The van der Waals surface area contributed by atoms with E-state index in [1.54, 1.807) is 0 Å². The van der Waals surface area contributed by atoms with Crippen molar-refractivity contribution in [2.75, 3.05) is 0 Å².